The van der Waals surface area contributed by atoms with Gasteiger partial charge in [0.05, 0.1) is 0 Å². The topological polar surface area (TPSA) is 243 Å². The molecule has 0 aliphatic heterocycles. The molecule has 0 aromatic rings. The predicted octanol–water partition coefficient (Wildman–Crippen LogP) is -8.21. The molecule has 1 radical (unpaired) electrons. The van der Waals surface area contributed by atoms with E-state index in [-0.39, 0.29) is 41.3 Å². The Bertz CT molecular complexity index is 61.5. The van der Waals surface area contributed by atoms with Gasteiger partial charge in [0.2, 0.25) is 0 Å². The zero-order valence-corrected chi connectivity index (χ0v) is 12.0. The van der Waals surface area contributed by atoms with Crippen molar-refractivity contribution in [3.63, 3.8) is 0 Å². The normalized spacial score (nSPS) is 6.35. The van der Waals surface area contributed by atoms with Crippen molar-refractivity contribution < 1.29 is 102 Å². The van der Waals surface area contributed by atoms with Crippen molar-refractivity contribution in [3.8, 4) is 0 Å². The molecular weight excluding hydrogens is 376 g/mol. The van der Waals surface area contributed by atoms with Gasteiger partial charge in [0.25, 0.3) is 0 Å². The molecule has 99 valence electrons. The number of rotatable bonds is 0. The average molecular weight is 388 g/mol. The maximum absolute atomic E-state index is 7.17. The van der Waals surface area contributed by atoms with Gasteiger partial charge in [0.15, 0.2) is 0 Å². The summed E-state index contributed by atoms with van der Waals surface area (Å²) in [4.78, 5) is 0. The van der Waals surface area contributed by atoms with Crippen LogP contribution >= 0.6 is 0 Å². The van der Waals surface area contributed by atoms with Gasteiger partial charge in [-0.15, -0.1) is 0 Å². The van der Waals surface area contributed by atoms with Gasteiger partial charge in [-0.3, -0.25) is 0 Å². The van der Waals surface area contributed by atoms with Crippen molar-refractivity contribution in [2.24, 2.45) is 0 Å². The van der Waals surface area contributed by atoms with E-state index in [4.69, 9.17) is 60.3 Å². The van der Waals surface area contributed by atoms with Gasteiger partial charge < -0.3 is 60.3 Å². The van der Waals surface area contributed by atoms with Crippen LogP contribution in [0.4, 0.5) is 0 Å². The quantitative estimate of drug-likeness (QED) is 0.173. The Labute approximate surface area is 130 Å². The van der Waals surface area contributed by atoms with E-state index in [0.29, 0.717) is 0 Å². The molecule has 0 bridgehead atoms. The monoisotopic (exact) mass is 389 g/mol. The SMILES string of the molecule is OB(O)O.OB(O)O.OB(O)O.OB(O)O.[Pr]. The van der Waals surface area contributed by atoms with E-state index in [1.54, 1.807) is 0 Å². The Morgan fingerprint density at radius 3 is 0.294 bits per heavy atom. The van der Waals surface area contributed by atoms with Crippen LogP contribution in [0.15, 0.2) is 0 Å². The van der Waals surface area contributed by atoms with Crippen LogP contribution in [-0.4, -0.2) is 89.6 Å². The number of hydrogen-bond donors (Lipinski definition) is 12. The van der Waals surface area contributed by atoms with E-state index in [2.05, 4.69) is 0 Å². The van der Waals surface area contributed by atoms with E-state index in [1.165, 1.54) is 0 Å². The van der Waals surface area contributed by atoms with E-state index in [1.807, 2.05) is 0 Å². The summed E-state index contributed by atoms with van der Waals surface area (Å²) in [7, 11) is -8.67. The molecule has 0 spiro atoms. The summed E-state index contributed by atoms with van der Waals surface area (Å²) >= 11 is 0. The molecule has 0 heterocycles. The maximum Gasteiger partial charge on any atom is 0.631 e. The van der Waals surface area contributed by atoms with Crippen molar-refractivity contribution in [2.45, 2.75) is 0 Å². The molecule has 0 rings (SSSR count). The summed E-state index contributed by atoms with van der Waals surface area (Å²) in [6, 6.07) is 0. The van der Waals surface area contributed by atoms with Gasteiger partial charge in [-0.05, 0) is 0 Å². The fraction of sp³-hybridized carbons (Fsp3) is 0. The molecule has 12 nitrogen and oxygen atoms in total. The van der Waals surface area contributed by atoms with Crippen molar-refractivity contribution in [3.05, 3.63) is 0 Å². The van der Waals surface area contributed by atoms with Gasteiger partial charge in [-0.25, -0.2) is 0 Å². The van der Waals surface area contributed by atoms with Crippen molar-refractivity contribution in [1.82, 2.24) is 0 Å². The first-order valence-electron chi connectivity index (χ1n) is 3.10. The van der Waals surface area contributed by atoms with Crippen molar-refractivity contribution in [2.75, 3.05) is 0 Å². The fourth-order valence-corrected chi connectivity index (χ4v) is 0. The minimum atomic E-state index is -2.17. The van der Waals surface area contributed by atoms with Crippen molar-refractivity contribution >= 4 is 29.3 Å². The van der Waals surface area contributed by atoms with Gasteiger partial charge in [-0.2, -0.15) is 0 Å². The molecule has 0 atom stereocenters. The summed E-state index contributed by atoms with van der Waals surface area (Å²) in [5.41, 5.74) is 0. The third-order valence-electron chi connectivity index (χ3n) is 0. The maximum atomic E-state index is 7.17. The van der Waals surface area contributed by atoms with Crippen molar-refractivity contribution in [1.29, 1.82) is 0 Å². The summed E-state index contributed by atoms with van der Waals surface area (Å²) in [6.07, 6.45) is 0. The van der Waals surface area contributed by atoms with Crippen LogP contribution in [0.5, 0.6) is 0 Å². The van der Waals surface area contributed by atoms with E-state index in [9.17, 15) is 0 Å². The fourth-order valence-electron chi connectivity index (χ4n) is 0. The average Bonchev–Trinajstić information content (AvgIpc) is 1.76. The third kappa shape index (κ3) is 3010. The molecule has 0 saturated heterocycles. The predicted molar refractivity (Wildman–Crippen MR) is 49.6 cm³/mol. The molecule has 0 aromatic heterocycles. The molecule has 12 N–H and O–H groups in total. The first-order valence-corrected chi connectivity index (χ1v) is 3.10. The van der Waals surface area contributed by atoms with E-state index >= 15 is 0 Å². The largest absolute Gasteiger partial charge is 0.631 e. The Hall–Kier alpha value is 1.14. The molecule has 0 amide bonds. The van der Waals surface area contributed by atoms with Gasteiger partial charge in [0.1, 0.15) is 0 Å². The van der Waals surface area contributed by atoms with Crippen LogP contribution in [-0.2, 0) is 0 Å². The summed E-state index contributed by atoms with van der Waals surface area (Å²) in [6.45, 7) is 0. The first kappa shape index (κ1) is 30.9. The van der Waals surface area contributed by atoms with Crippen LogP contribution in [0.2, 0.25) is 0 Å². The van der Waals surface area contributed by atoms with E-state index in [0.717, 1.165) is 0 Å². The molecule has 0 unspecified atom stereocenters. The Kier molecular flexibility index (Phi) is 47.0. The van der Waals surface area contributed by atoms with Crippen LogP contribution < -0.4 is 0 Å². The molecule has 17 heavy (non-hydrogen) atoms. The summed E-state index contributed by atoms with van der Waals surface area (Å²) in [5, 5.41) is 86.0. The zero-order valence-electron chi connectivity index (χ0n) is 8.25. The smallest absolute Gasteiger partial charge is 0.402 e. The molecule has 0 aliphatic rings. The molecule has 0 saturated carbocycles. The molecule has 0 fully saturated rings. The minimum Gasteiger partial charge on any atom is -0.402 e. The van der Waals surface area contributed by atoms with Crippen LogP contribution in [0.1, 0.15) is 0 Å². The van der Waals surface area contributed by atoms with Crippen LogP contribution in [0.25, 0.3) is 0 Å². The second-order valence-corrected chi connectivity index (χ2v) is 1.39. The van der Waals surface area contributed by atoms with Crippen LogP contribution in [0.3, 0.4) is 0 Å². The van der Waals surface area contributed by atoms with E-state index < -0.39 is 29.3 Å². The second kappa shape index (κ2) is 25.9. The molecule has 0 aromatic carbocycles. The summed E-state index contributed by atoms with van der Waals surface area (Å²) in [5.74, 6) is 0. The molecular formula is H12B4O12Pr. The standard InChI is InChI=1S/4BH3O3.Pr/c4*2-1(3)4;/h4*2-4H;. The Balaban J connectivity index is -0.0000000369. The Morgan fingerprint density at radius 2 is 0.294 bits per heavy atom. The Morgan fingerprint density at radius 1 is 0.294 bits per heavy atom. The molecule has 0 aliphatic carbocycles. The zero-order chi connectivity index (χ0) is 14.3. The van der Waals surface area contributed by atoms with Gasteiger partial charge in [-0.1, -0.05) is 0 Å². The van der Waals surface area contributed by atoms with Gasteiger partial charge in [0, 0.05) is 41.3 Å². The molecule has 17 heteroatoms. The first-order chi connectivity index (χ1) is 6.93. The van der Waals surface area contributed by atoms with Crippen LogP contribution in [0, 0.1) is 41.3 Å². The second-order valence-electron chi connectivity index (χ2n) is 1.39. The number of hydrogen-bond acceptors (Lipinski definition) is 12. The minimum absolute atomic E-state index is 0. The third-order valence-corrected chi connectivity index (χ3v) is 0. The van der Waals surface area contributed by atoms with Gasteiger partial charge >= 0.3 is 29.3 Å². The summed E-state index contributed by atoms with van der Waals surface area (Å²) < 4.78 is 0.